The fourth-order valence-corrected chi connectivity index (χ4v) is 2.67. The molecule has 3 rings (SSSR count). The van der Waals surface area contributed by atoms with Crippen LogP contribution in [0.15, 0.2) is 54.7 Å². The molecule has 6 nitrogen and oxygen atoms in total. The summed E-state index contributed by atoms with van der Waals surface area (Å²) < 4.78 is 14.7. The van der Waals surface area contributed by atoms with E-state index in [9.17, 15) is 14.0 Å². The van der Waals surface area contributed by atoms with Gasteiger partial charge >= 0.3 is 0 Å². The van der Waals surface area contributed by atoms with Gasteiger partial charge in [-0.1, -0.05) is 6.07 Å². The maximum Gasteiger partial charge on any atom is 0.259 e. The molecule has 0 aliphatic rings. The van der Waals surface area contributed by atoms with E-state index in [2.05, 4.69) is 15.7 Å². The summed E-state index contributed by atoms with van der Waals surface area (Å²) in [5.74, 6) is -0.878. The first-order valence-corrected chi connectivity index (χ1v) is 8.49. The summed E-state index contributed by atoms with van der Waals surface area (Å²) in [7, 11) is 0. The van der Waals surface area contributed by atoms with Crippen LogP contribution < -0.4 is 10.6 Å². The molecule has 0 saturated carbocycles. The van der Waals surface area contributed by atoms with Crippen LogP contribution >= 0.6 is 0 Å². The zero-order chi connectivity index (χ0) is 19.4. The number of hydrogen-bond donors (Lipinski definition) is 2. The Kier molecular flexibility index (Phi) is 5.30. The fraction of sp³-hybridized carbons (Fsp3) is 0.150. The van der Waals surface area contributed by atoms with Crippen molar-refractivity contribution < 1.29 is 14.0 Å². The Morgan fingerprint density at radius 2 is 1.85 bits per heavy atom. The number of amides is 2. The smallest absolute Gasteiger partial charge is 0.259 e. The molecule has 7 heteroatoms. The molecule has 2 amide bonds. The number of carbonyl (C=O) groups excluding carboxylic acids is 2. The molecule has 1 aromatic heterocycles. The van der Waals surface area contributed by atoms with Gasteiger partial charge in [-0.25, -0.2) is 9.07 Å². The average Bonchev–Trinajstić information content (AvgIpc) is 3.04. The lowest BCUT2D eigenvalue weighted by Gasteiger charge is -2.08. The Bertz CT molecular complexity index is 980. The number of benzene rings is 2. The van der Waals surface area contributed by atoms with Gasteiger partial charge in [-0.2, -0.15) is 5.10 Å². The number of nitrogens with zero attached hydrogens (tertiary/aromatic N) is 2. The number of halogens is 1. The summed E-state index contributed by atoms with van der Waals surface area (Å²) in [6.07, 6.45) is 1.46. The quantitative estimate of drug-likeness (QED) is 0.727. The number of nitrogens with one attached hydrogen (secondary N) is 2. The van der Waals surface area contributed by atoms with Gasteiger partial charge in [0, 0.05) is 17.8 Å². The van der Waals surface area contributed by atoms with Gasteiger partial charge in [0.2, 0.25) is 0 Å². The molecular weight excluding hydrogens is 347 g/mol. The molecule has 27 heavy (non-hydrogen) atoms. The normalized spacial score (nSPS) is 10.5. The van der Waals surface area contributed by atoms with Crippen molar-refractivity contribution in [1.82, 2.24) is 15.1 Å². The van der Waals surface area contributed by atoms with Crippen molar-refractivity contribution in [3.63, 3.8) is 0 Å². The predicted molar refractivity (Wildman–Crippen MR) is 101 cm³/mol. The van der Waals surface area contributed by atoms with Crippen LogP contribution in [0.1, 0.15) is 33.3 Å². The summed E-state index contributed by atoms with van der Waals surface area (Å²) in [6.45, 7) is 4.12. The first kappa shape index (κ1) is 18.3. The van der Waals surface area contributed by atoms with Gasteiger partial charge < -0.3 is 10.6 Å². The molecule has 138 valence electrons. The predicted octanol–water partition coefficient (Wildman–Crippen LogP) is 3.32. The van der Waals surface area contributed by atoms with Gasteiger partial charge in [0.15, 0.2) is 0 Å². The van der Waals surface area contributed by atoms with E-state index in [1.54, 1.807) is 48.0 Å². The maximum atomic E-state index is 13.1. The third-order valence-corrected chi connectivity index (χ3v) is 4.05. The van der Waals surface area contributed by atoms with E-state index in [4.69, 9.17) is 0 Å². The lowest BCUT2D eigenvalue weighted by Crippen LogP contribution is -2.22. The largest absolute Gasteiger partial charge is 0.352 e. The van der Waals surface area contributed by atoms with Crippen LogP contribution in [0.4, 0.5) is 10.1 Å². The number of hydrogen-bond acceptors (Lipinski definition) is 3. The third kappa shape index (κ3) is 4.03. The lowest BCUT2D eigenvalue weighted by atomic mass is 10.1. The molecule has 3 aromatic rings. The summed E-state index contributed by atoms with van der Waals surface area (Å²) in [5.41, 5.74) is 2.65. The Balaban J connectivity index is 1.80. The molecule has 0 fully saturated rings. The second-order valence-electron chi connectivity index (χ2n) is 5.93. The summed E-state index contributed by atoms with van der Waals surface area (Å²) in [6, 6.07) is 12.6. The van der Waals surface area contributed by atoms with Crippen molar-refractivity contribution in [2.24, 2.45) is 0 Å². The number of aromatic nitrogens is 2. The highest BCUT2D eigenvalue weighted by atomic mass is 19.1. The molecule has 0 atom stereocenters. The van der Waals surface area contributed by atoms with Crippen LogP contribution in [0.3, 0.4) is 0 Å². The molecular formula is C20H19FN4O2. The molecule has 1 heterocycles. The molecule has 2 aromatic carbocycles. The minimum atomic E-state index is -0.339. The topological polar surface area (TPSA) is 76.0 Å². The van der Waals surface area contributed by atoms with Gasteiger partial charge in [-0.05, 0) is 56.3 Å². The minimum absolute atomic E-state index is 0.200. The number of anilines is 1. The van der Waals surface area contributed by atoms with Crippen molar-refractivity contribution in [1.29, 1.82) is 0 Å². The minimum Gasteiger partial charge on any atom is -0.352 e. The SMILES string of the molecule is CCNC(=O)c1cccc(NC(=O)c2cnn(-c3ccc(F)cc3)c2C)c1. The molecule has 0 spiro atoms. The van der Waals surface area contributed by atoms with Crippen molar-refractivity contribution in [3.05, 3.63) is 77.4 Å². The second kappa shape index (κ2) is 7.82. The Morgan fingerprint density at radius 3 is 2.56 bits per heavy atom. The standard InChI is InChI=1S/C20H19FN4O2/c1-3-22-19(26)14-5-4-6-16(11-14)24-20(27)18-12-23-25(13(18)2)17-9-7-15(21)8-10-17/h4-12H,3H2,1-2H3,(H,22,26)(H,24,27). The monoisotopic (exact) mass is 366 g/mol. The number of carbonyl (C=O) groups is 2. The van der Waals surface area contributed by atoms with Crippen molar-refractivity contribution in [2.45, 2.75) is 13.8 Å². The molecule has 0 bridgehead atoms. The van der Waals surface area contributed by atoms with E-state index in [0.29, 0.717) is 34.7 Å². The Hall–Kier alpha value is -3.48. The lowest BCUT2D eigenvalue weighted by molar-refractivity contribution is 0.0954. The van der Waals surface area contributed by atoms with Gasteiger partial charge in [-0.15, -0.1) is 0 Å². The van der Waals surface area contributed by atoms with Crippen molar-refractivity contribution in [3.8, 4) is 5.69 Å². The van der Waals surface area contributed by atoms with Gasteiger partial charge in [0.25, 0.3) is 11.8 Å². The van der Waals surface area contributed by atoms with E-state index in [0.717, 1.165) is 0 Å². The molecule has 0 saturated heterocycles. The third-order valence-electron chi connectivity index (χ3n) is 4.05. The Morgan fingerprint density at radius 1 is 1.11 bits per heavy atom. The van der Waals surface area contributed by atoms with Crippen LogP contribution in [-0.2, 0) is 0 Å². The zero-order valence-electron chi connectivity index (χ0n) is 15.0. The van der Waals surface area contributed by atoms with Crippen molar-refractivity contribution in [2.75, 3.05) is 11.9 Å². The van der Waals surface area contributed by atoms with E-state index < -0.39 is 0 Å². The average molecular weight is 366 g/mol. The summed E-state index contributed by atoms with van der Waals surface area (Å²) >= 11 is 0. The van der Waals surface area contributed by atoms with Gasteiger partial charge in [0.1, 0.15) is 5.82 Å². The second-order valence-corrected chi connectivity index (χ2v) is 5.93. The van der Waals surface area contributed by atoms with Crippen LogP contribution in [0, 0.1) is 12.7 Å². The van der Waals surface area contributed by atoms with Crippen LogP contribution in [0.5, 0.6) is 0 Å². The number of rotatable bonds is 5. The Labute approximate surface area is 156 Å². The highest BCUT2D eigenvalue weighted by molar-refractivity contribution is 6.05. The molecule has 0 aliphatic heterocycles. The summed E-state index contributed by atoms with van der Waals surface area (Å²) in [5, 5.41) is 9.71. The van der Waals surface area contributed by atoms with Gasteiger partial charge in [0.05, 0.1) is 23.1 Å². The highest BCUT2D eigenvalue weighted by Gasteiger charge is 2.16. The van der Waals surface area contributed by atoms with E-state index in [1.165, 1.54) is 18.3 Å². The zero-order valence-corrected chi connectivity index (χ0v) is 15.0. The van der Waals surface area contributed by atoms with E-state index in [1.807, 2.05) is 6.92 Å². The molecule has 0 radical (unpaired) electrons. The first-order valence-electron chi connectivity index (χ1n) is 8.49. The van der Waals surface area contributed by atoms with E-state index >= 15 is 0 Å². The molecule has 2 N–H and O–H groups in total. The molecule has 0 unspecified atom stereocenters. The van der Waals surface area contributed by atoms with Crippen LogP contribution in [-0.4, -0.2) is 28.1 Å². The molecule has 0 aliphatic carbocycles. The van der Waals surface area contributed by atoms with Crippen molar-refractivity contribution >= 4 is 17.5 Å². The van der Waals surface area contributed by atoms with Gasteiger partial charge in [-0.3, -0.25) is 9.59 Å². The fourth-order valence-electron chi connectivity index (χ4n) is 2.67. The first-order chi connectivity index (χ1) is 13.0. The highest BCUT2D eigenvalue weighted by Crippen LogP contribution is 2.17. The van der Waals surface area contributed by atoms with Crippen LogP contribution in [0.25, 0.3) is 5.69 Å². The maximum absolute atomic E-state index is 13.1. The summed E-state index contributed by atoms with van der Waals surface area (Å²) in [4.78, 5) is 24.5. The van der Waals surface area contributed by atoms with E-state index in [-0.39, 0.29) is 17.6 Å². The van der Waals surface area contributed by atoms with Crippen LogP contribution in [0.2, 0.25) is 0 Å².